The molecule has 0 heterocycles. The highest BCUT2D eigenvalue weighted by atomic mass is 16.5. The Kier molecular flexibility index (Phi) is 5.20. The van der Waals surface area contributed by atoms with Crippen molar-refractivity contribution >= 4 is 0 Å². The molecular formula is C24H34O. The van der Waals surface area contributed by atoms with Crippen LogP contribution in [-0.4, -0.2) is 0 Å². The van der Waals surface area contributed by atoms with E-state index in [9.17, 15) is 0 Å². The molecule has 0 N–H and O–H groups in total. The highest BCUT2D eigenvalue weighted by Crippen LogP contribution is 2.45. The molecule has 0 fully saturated rings. The third-order valence-electron chi connectivity index (χ3n) is 7.08. The van der Waals surface area contributed by atoms with Gasteiger partial charge in [0.25, 0.3) is 0 Å². The second kappa shape index (κ2) is 7.56. The summed E-state index contributed by atoms with van der Waals surface area (Å²) in [6.45, 7) is 8.75. The minimum atomic E-state index is 0.462. The fourth-order valence-electron chi connectivity index (χ4n) is 5.80. The minimum Gasteiger partial charge on any atom is -0.466 e. The van der Waals surface area contributed by atoms with E-state index in [0.717, 1.165) is 11.5 Å². The molecule has 4 aliphatic rings. The van der Waals surface area contributed by atoms with Crippen LogP contribution in [0.5, 0.6) is 0 Å². The van der Waals surface area contributed by atoms with Crippen molar-refractivity contribution in [2.24, 2.45) is 11.8 Å². The Balaban J connectivity index is 1.46. The van der Waals surface area contributed by atoms with Crippen LogP contribution in [0.4, 0.5) is 0 Å². The van der Waals surface area contributed by atoms with Gasteiger partial charge in [0.2, 0.25) is 0 Å². The highest BCUT2D eigenvalue weighted by molar-refractivity contribution is 5.30. The molecule has 136 valence electrons. The fourth-order valence-corrected chi connectivity index (χ4v) is 5.80. The molecular weight excluding hydrogens is 304 g/mol. The summed E-state index contributed by atoms with van der Waals surface area (Å²) in [5.41, 5.74) is 6.81. The zero-order chi connectivity index (χ0) is 17.2. The van der Waals surface area contributed by atoms with Crippen molar-refractivity contribution in [1.29, 1.82) is 0 Å². The largest absolute Gasteiger partial charge is 0.466 e. The van der Waals surface area contributed by atoms with Gasteiger partial charge in [-0.15, -0.1) is 0 Å². The number of hydrogen-bond acceptors (Lipinski definition) is 1. The number of allylic oxidation sites excluding steroid dienone is 4. The molecule has 2 atom stereocenters. The standard InChI is InChI=1S/C24H34O/c1-17(21-15-7-11-19-9-3-5-13-23(19)21)25-18(2)22-16-8-12-20-10-4-6-14-24(20)22/h21-22H,1-16H2/t21-,22-/m1/s1. The SMILES string of the molecule is C=C(OC(=C)[C@H]1CCCC2=C1CCCC2)[C@H]1CCCC2=C1CCCC2. The Morgan fingerprint density at radius 2 is 1.00 bits per heavy atom. The van der Waals surface area contributed by atoms with Crippen LogP contribution in [0.2, 0.25) is 0 Å². The van der Waals surface area contributed by atoms with E-state index < -0.39 is 0 Å². The predicted molar refractivity (Wildman–Crippen MR) is 105 cm³/mol. The van der Waals surface area contributed by atoms with E-state index in [2.05, 4.69) is 13.2 Å². The van der Waals surface area contributed by atoms with Gasteiger partial charge in [-0.05, 0) is 89.9 Å². The Hall–Kier alpha value is -1.24. The van der Waals surface area contributed by atoms with Crippen molar-refractivity contribution in [3.63, 3.8) is 0 Å². The summed E-state index contributed by atoms with van der Waals surface area (Å²) in [4.78, 5) is 0. The lowest BCUT2D eigenvalue weighted by molar-refractivity contribution is 0.216. The van der Waals surface area contributed by atoms with Crippen molar-refractivity contribution in [2.75, 3.05) is 0 Å². The molecule has 0 aromatic carbocycles. The van der Waals surface area contributed by atoms with Crippen molar-refractivity contribution < 1.29 is 4.74 Å². The zero-order valence-corrected chi connectivity index (χ0v) is 15.9. The average molecular weight is 339 g/mol. The van der Waals surface area contributed by atoms with Crippen molar-refractivity contribution in [3.05, 3.63) is 47.0 Å². The van der Waals surface area contributed by atoms with Gasteiger partial charge in [-0.2, -0.15) is 0 Å². The van der Waals surface area contributed by atoms with E-state index in [0.29, 0.717) is 11.8 Å². The van der Waals surface area contributed by atoms with Gasteiger partial charge in [0.05, 0.1) is 0 Å². The van der Waals surface area contributed by atoms with E-state index in [-0.39, 0.29) is 0 Å². The molecule has 0 bridgehead atoms. The zero-order valence-electron chi connectivity index (χ0n) is 15.9. The summed E-state index contributed by atoms with van der Waals surface area (Å²) in [5, 5.41) is 0. The van der Waals surface area contributed by atoms with Gasteiger partial charge in [-0.3, -0.25) is 0 Å². The second-order valence-electron chi connectivity index (χ2n) is 8.60. The smallest absolute Gasteiger partial charge is 0.104 e. The molecule has 0 aromatic heterocycles. The van der Waals surface area contributed by atoms with Crippen LogP contribution in [0.1, 0.15) is 89.9 Å². The van der Waals surface area contributed by atoms with Crippen molar-refractivity contribution in [2.45, 2.75) is 89.9 Å². The summed E-state index contributed by atoms with van der Waals surface area (Å²) in [6.07, 6.45) is 18.3. The van der Waals surface area contributed by atoms with E-state index in [1.807, 2.05) is 0 Å². The van der Waals surface area contributed by atoms with Gasteiger partial charge in [-0.25, -0.2) is 0 Å². The topological polar surface area (TPSA) is 9.23 Å². The molecule has 0 radical (unpaired) electrons. The lowest BCUT2D eigenvalue weighted by Gasteiger charge is -2.36. The maximum Gasteiger partial charge on any atom is 0.104 e. The van der Waals surface area contributed by atoms with E-state index in [1.165, 1.54) is 89.9 Å². The first-order valence-electron chi connectivity index (χ1n) is 10.7. The normalized spacial score (nSPS) is 29.8. The number of ether oxygens (including phenoxy) is 1. The third-order valence-corrected chi connectivity index (χ3v) is 7.08. The van der Waals surface area contributed by atoms with E-state index in [4.69, 9.17) is 4.74 Å². The molecule has 0 aromatic rings. The first-order chi connectivity index (χ1) is 12.2. The molecule has 0 amide bonds. The minimum absolute atomic E-state index is 0.462. The summed E-state index contributed by atoms with van der Waals surface area (Å²) in [5.74, 6) is 2.90. The molecule has 0 saturated heterocycles. The summed E-state index contributed by atoms with van der Waals surface area (Å²) in [7, 11) is 0. The van der Waals surface area contributed by atoms with Crippen LogP contribution in [0, 0.1) is 11.8 Å². The first-order valence-corrected chi connectivity index (χ1v) is 10.7. The quantitative estimate of drug-likeness (QED) is 0.384. The highest BCUT2D eigenvalue weighted by Gasteiger charge is 2.31. The maximum absolute atomic E-state index is 6.37. The van der Waals surface area contributed by atoms with Gasteiger partial charge < -0.3 is 4.74 Å². The van der Waals surface area contributed by atoms with Gasteiger partial charge in [-0.1, -0.05) is 35.5 Å². The summed E-state index contributed by atoms with van der Waals surface area (Å²) >= 11 is 0. The Morgan fingerprint density at radius 3 is 1.48 bits per heavy atom. The molecule has 0 unspecified atom stereocenters. The van der Waals surface area contributed by atoms with Gasteiger partial charge in [0, 0.05) is 11.8 Å². The molecule has 25 heavy (non-hydrogen) atoms. The van der Waals surface area contributed by atoms with Gasteiger partial charge in [0.1, 0.15) is 11.5 Å². The van der Waals surface area contributed by atoms with Crippen LogP contribution >= 0.6 is 0 Å². The maximum atomic E-state index is 6.37. The average Bonchev–Trinajstić information content (AvgIpc) is 2.67. The van der Waals surface area contributed by atoms with Crippen LogP contribution in [0.3, 0.4) is 0 Å². The van der Waals surface area contributed by atoms with Crippen LogP contribution in [0.15, 0.2) is 47.0 Å². The third kappa shape index (κ3) is 3.52. The molecule has 1 nitrogen and oxygen atoms in total. The number of hydrogen-bond donors (Lipinski definition) is 0. The molecule has 1 heteroatoms. The fraction of sp³-hybridized carbons (Fsp3) is 0.667. The lowest BCUT2D eigenvalue weighted by atomic mass is 9.74. The van der Waals surface area contributed by atoms with E-state index in [1.54, 1.807) is 22.3 Å². The first kappa shape index (κ1) is 17.2. The molecule has 0 aliphatic heterocycles. The molecule has 4 aliphatic carbocycles. The van der Waals surface area contributed by atoms with Gasteiger partial charge in [0.15, 0.2) is 0 Å². The Labute approximate surface area is 153 Å². The Morgan fingerprint density at radius 1 is 0.600 bits per heavy atom. The van der Waals surface area contributed by atoms with Crippen molar-refractivity contribution in [3.8, 4) is 0 Å². The van der Waals surface area contributed by atoms with E-state index >= 15 is 0 Å². The molecule has 4 rings (SSSR count). The van der Waals surface area contributed by atoms with Crippen LogP contribution < -0.4 is 0 Å². The van der Waals surface area contributed by atoms with Crippen LogP contribution in [0.25, 0.3) is 0 Å². The monoisotopic (exact) mass is 338 g/mol. The van der Waals surface area contributed by atoms with Gasteiger partial charge >= 0.3 is 0 Å². The second-order valence-corrected chi connectivity index (χ2v) is 8.60. The molecule has 0 saturated carbocycles. The van der Waals surface area contributed by atoms with Crippen LogP contribution in [-0.2, 0) is 4.74 Å². The van der Waals surface area contributed by atoms with Crippen molar-refractivity contribution in [1.82, 2.24) is 0 Å². The summed E-state index contributed by atoms with van der Waals surface area (Å²) < 4.78 is 6.37. The molecule has 0 spiro atoms. The lowest BCUT2D eigenvalue weighted by Crippen LogP contribution is -2.21. The predicted octanol–water partition coefficient (Wildman–Crippen LogP) is 7.37. The summed E-state index contributed by atoms with van der Waals surface area (Å²) in [6, 6.07) is 0. The Bertz CT molecular complexity index is 556. The number of rotatable bonds is 4.